The van der Waals surface area contributed by atoms with Crippen LogP contribution in [0.25, 0.3) is 6.08 Å². The van der Waals surface area contributed by atoms with Gasteiger partial charge in [-0.15, -0.1) is 0 Å². The first-order chi connectivity index (χ1) is 13.5. The largest absolute Gasteiger partial charge is 0.493 e. The molecule has 0 spiro atoms. The minimum Gasteiger partial charge on any atom is -0.493 e. The van der Waals surface area contributed by atoms with Gasteiger partial charge in [-0.25, -0.2) is 4.79 Å². The second kappa shape index (κ2) is 8.04. The predicted octanol–water partition coefficient (Wildman–Crippen LogP) is 3.17. The van der Waals surface area contributed by atoms with Gasteiger partial charge in [-0.1, -0.05) is 6.07 Å². The number of ether oxygens (including phenoxy) is 3. The summed E-state index contributed by atoms with van der Waals surface area (Å²) in [6, 6.07) is 8.77. The summed E-state index contributed by atoms with van der Waals surface area (Å²) in [7, 11) is 4.37. The van der Waals surface area contributed by atoms with Crippen molar-refractivity contribution in [3.63, 3.8) is 0 Å². The van der Waals surface area contributed by atoms with Crippen LogP contribution in [0.5, 0.6) is 11.5 Å². The highest BCUT2D eigenvalue weighted by Gasteiger charge is 2.37. The summed E-state index contributed by atoms with van der Waals surface area (Å²) < 4.78 is 20.8. The molecule has 0 atom stereocenters. The third-order valence-electron chi connectivity index (χ3n) is 4.51. The van der Waals surface area contributed by atoms with Crippen LogP contribution in [0.4, 0.5) is 0 Å². The number of rotatable bonds is 6. The van der Waals surface area contributed by atoms with Crippen molar-refractivity contribution in [2.45, 2.75) is 13.5 Å². The molecule has 0 N–H and O–H groups in total. The Kier molecular flexibility index (Phi) is 5.54. The molecule has 0 saturated carbocycles. The molecule has 0 bridgehead atoms. The lowest BCUT2D eigenvalue weighted by molar-refractivity contribution is -0.136. The Morgan fingerprint density at radius 3 is 2.50 bits per heavy atom. The van der Waals surface area contributed by atoms with Crippen molar-refractivity contribution >= 4 is 18.0 Å². The lowest BCUT2D eigenvalue weighted by Crippen LogP contribution is -2.24. The van der Waals surface area contributed by atoms with Crippen LogP contribution in [0.2, 0.25) is 0 Å². The molecule has 7 nitrogen and oxygen atoms in total. The van der Waals surface area contributed by atoms with E-state index in [0.717, 1.165) is 0 Å². The van der Waals surface area contributed by atoms with Crippen molar-refractivity contribution in [1.82, 2.24) is 4.90 Å². The van der Waals surface area contributed by atoms with Crippen LogP contribution in [-0.4, -0.2) is 38.1 Å². The van der Waals surface area contributed by atoms with Crippen molar-refractivity contribution < 1.29 is 28.2 Å². The maximum Gasteiger partial charge on any atom is 0.340 e. The Morgan fingerprint density at radius 1 is 1.14 bits per heavy atom. The Morgan fingerprint density at radius 2 is 1.89 bits per heavy atom. The number of allylic oxidation sites excluding steroid dienone is 1. The van der Waals surface area contributed by atoms with Gasteiger partial charge in [-0.2, -0.15) is 0 Å². The number of hydrogen-bond acceptors (Lipinski definition) is 6. The zero-order chi connectivity index (χ0) is 20.3. The maximum absolute atomic E-state index is 13.1. The third kappa shape index (κ3) is 3.51. The van der Waals surface area contributed by atoms with Gasteiger partial charge in [0.05, 0.1) is 45.3 Å². The van der Waals surface area contributed by atoms with E-state index in [1.54, 1.807) is 50.4 Å². The van der Waals surface area contributed by atoms with Crippen LogP contribution in [0.15, 0.2) is 57.9 Å². The predicted molar refractivity (Wildman–Crippen MR) is 101 cm³/mol. The fraction of sp³-hybridized carbons (Fsp3) is 0.238. The van der Waals surface area contributed by atoms with E-state index in [0.29, 0.717) is 28.5 Å². The number of furan rings is 1. The molecule has 7 heteroatoms. The molecule has 1 aliphatic heterocycles. The molecule has 1 aromatic carbocycles. The second-order valence-corrected chi connectivity index (χ2v) is 6.10. The Bertz CT molecular complexity index is 955. The molecule has 146 valence electrons. The second-order valence-electron chi connectivity index (χ2n) is 6.10. The quantitative estimate of drug-likeness (QED) is 0.563. The van der Waals surface area contributed by atoms with Gasteiger partial charge in [0.25, 0.3) is 5.91 Å². The van der Waals surface area contributed by atoms with E-state index in [-0.39, 0.29) is 23.6 Å². The number of methoxy groups -OCH3 is 3. The molecule has 28 heavy (non-hydrogen) atoms. The van der Waals surface area contributed by atoms with Gasteiger partial charge in [0.1, 0.15) is 5.76 Å². The molecule has 0 aliphatic carbocycles. The highest BCUT2D eigenvalue weighted by Crippen LogP contribution is 2.34. The molecule has 1 aromatic heterocycles. The number of nitrogens with zero attached hydrogens (tertiary/aromatic N) is 1. The van der Waals surface area contributed by atoms with Crippen LogP contribution in [0.1, 0.15) is 18.2 Å². The van der Waals surface area contributed by atoms with Gasteiger partial charge in [-0.3, -0.25) is 4.79 Å². The van der Waals surface area contributed by atoms with Gasteiger partial charge in [0, 0.05) is 5.70 Å². The molecule has 2 heterocycles. The molecule has 0 radical (unpaired) electrons. The molecular formula is C21H21NO6. The van der Waals surface area contributed by atoms with Crippen LogP contribution in [0, 0.1) is 0 Å². The van der Waals surface area contributed by atoms with E-state index < -0.39 is 5.97 Å². The van der Waals surface area contributed by atoms with Crippen LogP contribution >= 0.6 is 0 Å². The summed E-state index contributed by atoms with van der Waals surface area (Å²) in [5.74, 6) is 0.838. The number of carbonyl (C=O) groups is 2. The minimum absolute atomic E-state index is 0.224. The lowest BCUT2D eigenvalue weighted by Gasteiger charge is -2.16. The van der Waals surface area contributed by atoms with Crippen molar-refractivity contribution in [1.29, 1.82) is 0 Å². The summed E-state index contributed by atoms with van der Waals surface area (Å²) in [5, 5.41) is 0. The topological polar surface area (TPSA) is 78.2 Å². The number of esters is 1. The molecule has 1 aliphatic rings. The van der Waals surface area contributed by atoms with Gasteiger partial charge in [0.15, 0.2) is 11.5 Å². The van der Waals surface area contributed by atoms with E-state index in [1.165, 1.54) is 25.4 Å². The normalized spacial score (nSPS) is 15.4. The van der Waals surface area contributed by atoms with E-state index in [1.807, 2.05) is 0 Å². The Balaban J connectivity index is 2.04. The van der Waals surface area contributed by atoms with Gasteiger partial charge in [0.2, 0.25) is 0 Å². The first kappa shape index (κ1) is 19.3. The highest BCUT2D eigenvalue weighted by molar-refractivity contribution is 6.16. The summed E-state index contributed by atoms with van der Waals surface area (Å²) in [5.41, 5.74) is 1.69. The first-order valence-electron chi connectivity index (χ1n) is 8.57. The zero-order valence-corrected chi connectivity index (χ0v) is 16.1. The lowest BCUT2D eigenvalue weighted by atomic mass is 10.0. The molecule has 1 amide bonds. The Labute approximate surface area is 162 Å². The summed E-state index contributed by atoms with van der Waals surface area (Å²) in [6.07, 6.45) is 3.18. The Hall–Kier alpha value is -3.48. The number of amides is 1. The third-order valence-corrected chi connectivity index (χ3v) is 4.51. The van der Waals surface area contributed by atoms with Gasteiger partial charge < -0.3 is 23.5 Å². The number of carbonyl (C=O) groups excluding carboxylic acids is 2. The van der Waals surface area contributed by atoms with E-state index in [4.69, 9.17) is 18.6 Å². The van der Waals surface area contributed by atoms with Crippen molar-refractivity contribution in [2.75, 3.05) is 21.3 Å². The molecular weight excluding hydrogens is 362 g/mol. The fourth-order valence-corrected chi connectivity index (χ4v) is 3.09. The van der Waals surface area contributed by atoms with E-state index in [9.17, 15) is 9.59 Å². The SMILES string of the molecule is COC(=O)C1=C(C)N(Cc2ccco2)C(=O)/C1=C/c1ccc(OC)c(OC)c1. The average Bonchev–Trinajstić information content (AvgIpc) is 3.30. The summed E-state index contributed by atoms with van der Waals surface area (Å²) in [6.45, 7) is 1.93. The zero-order valence-electron chi connectivity index (χ0n) is 16.1. The van der Waals surface area contributed by atoms with Crippen LogP contribution in [0.3, 0.4) is 0 Å². The molecule has 0 saturated heterocycles. The van der Waals surface area contributed by atoms with E-state index in [2.05, 4.69) is 0 Å². The highest BCUT2D eigenvalue weighted by atomic mass is 16.5. The minimum atomic E-state index is -0.570. The summed E-state index contributed by atoms with van der Waals surface area (Å²) in [4.78, 5) is 26.9. The smallest absolute Gasteiger partial charge is 0.340 e. The summed E-state index contributed by atoms with van der Waals surface area (Å²) >= 11 is 0. The van der Waals surface area contributed by atoms with E-state index >= 15 is 0 Å². The van der Waals surface area contributed by atoms with Crippen molar-refractivity contribution in [2.24, 2.45) is 0 Å². The number of benzene rings is 1. The molecule has 3 rings (SSSR count). The molecule has 0 unspecified atom stereocenters. The number of hydrogen-bond donors (Lipinski definition) is 0. The monoisotopic (exact) mass is 383 g/mol. The standard InChI is InChI=1S/C21H21NO6/c1-13-19(21(24)27-4)16(20(23)22(13)12-15-6-5-9-28-15)10-14-7-8-17(25-2)18(11-14)26-3/h5-11H,12H2,1-4H3/b16-10+. The molecule has 0 fully saturated rings. The average molecular weight is 383 g/mol. The molecule has 2 aromatic rings. The van der Waals surface area contributed by atoms with Gasteiger partial charge >= 0.3 is 5.97 Å². The van der Waals surface area contributed by atoms with Crippen LogP contribution in [-0.2, 0) is 20.9 Å². The van der Waals surface area contributed by atoms with Crippen LogP contribution < -0.4 is 9.47 Å². The fourth-order valence-electron chi connectivity index (χ4n) is 3.09. The van der Waals surface area contributed by atoms with Crippen molar-refractivity contribution in [3.8, 4) is 11.5 Å². The first-order valence-corrected chi connectivity index (χ1v) is 8.57. The van der Waals surface area contributed by atoms with Crippen molar-refractivity contribution in [3.05, 3.63) is 64.8 Å². The van der Waals surface area contributed by atoms with Gasteiger partial charge in [-0.05, 0) is 42.8 Å². The maximum atomic E-state index is 13.1.